The van der Waals surface area contributed by atoms with Crippen molar-refractivity contribution in [3.63, 3.8) is 0 Å². The van der Waals surface area contributed by atoms with E-state index in [4.69, 9.17) is 16.3 Å². The van der Waals surface area contributed by atoms with Crippen molar-refractivity contribution in [2.75, 3.05) is 13.2 Å². The van der Waals surface area contributed by atoms with Crippen molar-refractivity contribution in [2.45, 2.75) is 19.8 Å². The van der Waals surface area contributed by atoms with Crippen LogP contribution >= 0.6 is 11.6 Å². The predicted octanol–water partition coefficient (Wildman–Crippen LogP) is 3.78. The molecule has 0 aliphatic rings. The second-order valence-electron chi connectivity index (χ2n) is 5.14. The maximum absolute atomic E-state index is 11.7. The molecular formula is C18H20ClNO2. The zero-order valence-corrected chi connectivity index (χ0v) is 13.4. The third-order valence-electron chi connectivity index (χ3n) is 3.27. The fourth-order valence-electron chi connectivity index (χ4n) is 1.99. The molecule has 0 heterocycles. The fraction of sp³-hybridized carbons (Fsp3) is 0.278. The minimum Gasteiger partial charge on any atom is -0.492 e. The van der Waals surface area contributed by atoms with Gasteiger partial charge in [0, 0.05) is 11.4 Å². The number of rotatable bonds is 7. The van der Waals surface area contributed by atoms with E-state index >= 15 is 0 Å². The maximum atomic E-state index is 11.7. The van der Waals surface area contributed by atoms with Gasteiger partial charge in [0.05, 0.1) is 6.54 Å². The first-order chi connectivity index (χ1) is 10.6. The average Bonchev–Trinajstić information content (AvgIpc) is 2.53. The van der Waals surface area contributed by atoms with Crippen LogP contribution in [0.5, 0.6) is 5.75 Å². The smallest absolute Gasteiger partial charge is 0.220 e. The van der Waals surface area contributed by atoms with Gasteiger partial charge in [-0.1, -0.05) is 41.4 Å². The molecule has 22 heavy (non-hydrogen) atoms. The van der Waals surface area contributed by atoms with Gasteiger partial charge in [-0.3, -0.25) is 4.79 Å². The summed E-state index contributed by atoms with van der Waals surface area (Å²) < 4.78 is 5.56. The summed E-state index contributed by atoms with van der Waals surface area (Å²) in [4.78, 5) is 11.7. The van der Waals surface area contributed by atoms with Crippen molar-refractivity contribution in [3.05, 3.63) is 64.7 Å². The third kappa shape index (κ3) is 5.78. The van der Waals surface area contributed by atoms with Gasteiger partial charge in [0.1, 0.15) is 12.4 Å². The molecule has 1 N–H and O–H groups in total. The summed E-state index contributed by atoms with van der Waals surface area (Å²) in [7, 11) is 0. The fourth-order valence-corrected chi connectivity index (χ4v) is 2.12. The van der Waals surface area contributed by atoms with E-state index in [1.807, 2.05) is 55.5 Å². The third-order valence-corrected chi connectivity index (χ3v) is 3.52. The van der Waals surface area contributed by atoms with Gasteiger partial charge in [0.2, 0.25) is 5.91 Å². The van der Waals surface area contributed by atoms with Crippen molar-refractivity contribution in [1.82, 2.24) is 5.32 Å². The minimum atomic E-state index is 0.0301. The lowest BCUT2D eigenvalue weighted by Gasteiger charge is -2.08. The standard InChI is InChI=1S/C18H20ClNO2/c1-14-2-9-17(10-3-14)22-13-12-20-18(21)11-6-15-4-7-16(19)8-5-15/h2-5,7-10H,6,11-13H2,1H3,(H,20,21). The molecule has 0 aliphatic heterocycles. The Morgan fingerprint density at radius 2 is 1.77 bits per heavy atom. The molecular weight excluding hydrogens is 298 g/mol. The number of ether oxygens (including phenoxy) is 1. The summed E-state index contributed by atoms with van der Waals surface area (Å²) in [6.45, 7) is 3.01. The van der Waals surface area contributed by atoms with Crippen LogP contribution in [0.1, 0.15) is 17.5 Å². The number of carbonyl (C=O) groups excluding carboxylic acids is 1. The number of hydrogen-bond donors (Lipinski definition) is 1. The first-order valence-electron chi connectivity index (χ1n) is 7.34. The molecule has 0 unspecified atom stereocenters. The molecule has 0 fully saturated rings. The van der Waals surface area contributed by atoms with Gasteiger partial charge in [-0.05, 0) is 43.2 Å². The Morgan fingerprint density at radius 3 is 2.45 bits per heavy atom. The van der Waals surface area contributed by atoms with Crippen LogP contribution in [0.4, 0.5) is 0 Å². The molecule has 0 atom stereocenters. The Morgan fingerprint density at radius 1 is 1.09 bits per heavy atom. The van der Waals surface area contributed by atoms with Crippen LogP contribution < -0.4 is 10.1 Å². The Bertz CT molecular complexity index is 593. The molecule has 1 amide bonds. The number of amides is 1. The highest BCUT2D eigenvalue weighted by Crippen LogP contribution is 2.11. The number of nitrogens with one attached hydrogen (secondary N) is 1. The SMILES string of the molecule is Cc1ccc(OCCNC(=O)CCc2ccc(Cl)cc2)cc1. The second kappa shape index (κ2) is 8.44. The zero-order chi connectivity index (χ0) is 15.8. The highest BCUT2D eigenvalue weighted by Gasteiger charge is 2.02. The van der Waals surface area contributed by atoms with Gasteiger partial charge in [-0.2, -0.15) is 0 Å². The lowest BCUT2D eigenvalue weighted by molar-refractivity contribution is -0.121. The van der Waals surface area contributed by atoms with Crippen LogP contribution in [0.15, 0.2) is 48.5 Å². The molecule has 2 rings (SSSR count). The summed E-state index contributed by atoms with van der Waals surface area (Å²) in [5, 5.41) is 3.57. The number of halogens is 1. The molecule has 0 radical (unpaired) electrons. The average molecular weight is 318 g/mol. The van der Waals surface area contributed by atoms with Crippen LogP contribution in [0.25, 0.3) is 0 Å². The quantitative estimate of drug-likeness (QED) is 0.789. The summed E-state index contributed by atoms with van der Waals surface area (Å²) in [5.41, 5.74) is 2.30. The van der Waals surface area contributed by atoms with E-state index in [-0.39, 0.29) is 5.91 Å². The normalized spacial score (nSPS) is 10.3. The van der Waals surface area contributed by atoms with E-state index in [0.29, 0.717) is 31.0 Å². The summed E-state index contributed by atoms with van der Waals surface area (Å²) in [6.07, 6.45) is 1.17. The monoisotopic (exact) mass is 317 g/mol. The Labute approximate surface area is 136 Å². The Balaban J connectivity index is 1.61. The van der Waals surface area contributed by atoms with E-state index in [1.165, 1.54) is 5.56 Å². The van der Waals surface area contributed by atoms with E-state index in [2.05, 4.69) is 5.32 Å². The summed E-state index contributed by atoms with van der Waals surface area (Å²) in [6, 6.07) is 15.4. The van der Waals surface area contributed by atoms with Gasteiger partial charge in [0.25, 0.3) is 0 Å². The molecule has 4 heteroatoms. The molecule has 0 aromatic heterocycles. The topological polar surface area (TPSA) is 38.3 Å². The van der Waals surface area contributed by atoms with E-state index < -0.39 is 0 Å². The van der Waals surface area contributed by atoms with Crippen molar-refractivity contribution in [1.29, 1.82) is 0 Å². The Hall–Kier alpha value is -2.00. The van der Waals surface area contributed by atoms with Crippen LogP contribution in [0, 0.1) is 6.92 Å². The van der Waals surface area contributed by atoms with Gasteiger partial charge in [-0.15, -0.1) is 0 Å². The second-order valence-corrected chi connectivity index (χ2v) is 5.57. The van der Waals surface area contributed by atoms with Crippen molar-refractivity contribution < 1.29 is 9.53 Å². The largest absolute Gasteiger partial charge is 0.492 e. The molecule has 0 bridgehead atoms. The van der Waals surface area contributed by atoms with Crippen molar-refractivity contribution in [2.24, 2.45) is 0 Å². The van der Waals surface area contributed by atoms with Gasteiger partial charge in [-0.25, -0.2) is 0 Å². The summed E-state index contributed by atoms with van der Waals surface area (Å²) in [5.74, 6) is 0.850. The van der Waals surface area contributed by atoms with Gasteiger partial charge in [0.15, 0.2) is 0 Å². The highest BCUT2D eigenvalue weighted by atomic mass is 35.5. The molecule has 2 aromatic rings. The molecule has 0 saturated heterocycles. The minimum absolute atomic E-state index is 0.0301. The number of aryl methyl sites for hydroxylation is 2. The molecule has 116 valence electrons. The van der Waals surface area contributed by atoms with Gasteiger partial charge < -0.3 is 10.1 Å². The van der Waals surface area contributed by atoms with Crippen molar-refractivity contribution in [3.8, 4) is 5.75 Å². The first-order valence-corrected chi connectivity index (χ1v) is 7.72. The molecule has 3 nitrogen and oxygen atoms in total. The van der Waals surface area contributed by atoms with Gasteiger partial charge >= 0.3 is 0 Å². The van der Waals surface area contributed by atoms with E-state index in [0.717, 1.165) is 11.3 Å². The number of hydrogen-bond acceptors (Lipinski definition) is 2. The van der Waals surface area contributed by atoms with Crippen molar-refractivity contribution >= 4 is 17.5 Å². The van der Waals surface area contributed by atoms with E-state index in [1.54, 1.807) is 0 Å². The molecule has 0 aliphatic carbocycles. The zero-order valence-electron chi connectivity index (χ0n) is 12.6. The maximum Gasteiger partial charge on any atom is 0.220 e. The molecule has 0 spiro atoms. The first kappa shape index (κ1) is 16.4. The van der Waals surface area contributed by atoms with Crippen LogP contribution in [0.2, 0.25) is 5.02 Å². The van der Waals surface area contributed by atoms with E-state index in [9.17, 15) is 4.79 Å². The molecule has 0 saturated carbocycles. The summed E-state index contributed by atoms with van der Waals surface area (Å²) >= 11 is 5.82. The van der Waals surface area contributed by atoms with Crippen LogP contribution in [0.3, 0.4) is 0 Å². The lowest BCUT2D eigenvalue weighted by atomic mass is 10.1. The number of carbonyl (C=O) groups is 1. The van der Waals surface area contributed by atoms with Crippen LogP contribution in [-0.2, 0) is 11.2 Å². The molecule has 2 aromatic carbocycles. The lowest BCUT2D eigenvalue weighted by Crippen LogP contribution is -2.28. The predicted molar refractivity (Wildman–Crippen MR) is 89.5 cm³/mol. The van der Waals surface area contributed by atoms with Crippen LogP contribution in [-0.4, -0.2) is 19.1 Å². The highest BCUT2D eigenvalue weighted by molar-refractivity contribution is 6.30. The number of benzene rings is 2. The Kier molecular flexibility index (Phi) is 6.28.